The Bertz CT molecular complexity index is 2520. The second-order valence-electron chi connectivity index (χ2n) is 11.8. The fourth-order valence-corrected chi connectivity index (χ4v) is 7.30. The number of esters is 2. The number of allylic oxidation sites excluding steroid dienone is 1. The zero-order valence-electron chi connectivity index (χ0n) is 28.3. The second kappa shape index (κ2) is 14.7. The minimum atomic E-state index is -0.889. The summed E-state index contributed by atoms with van der Waals surface area (Å²) in [5.74, 6) is -0.588. The number of ether oxygens (including phenoxy) is 3. The highest BCUT2D eigenvalue weighted by atomic mass is 35.5. The van der Waals surface area contributed by atoms with Crippen LogP contribution in [0.5, 0.6) is 5.75 Å². The maximum atomic E-state index is 14.5. The molecule has 0 saturated carbocycles. The summed E-state index contributed by atoms with van der Waals surface area (Å²) in [7, 11) is 2.85. The van der Waals surface area contributed by atoms with Crippen LogP contribution < -0.4 is 19.6 Å². The van der Waals surface area contributed by atoms with Gasteiger partial charge in [0.05, 0.1) is 52.3 Å². The molecule has 0 fully saturated rings. The zero-order valence-corrected chi connectivity index (χ0v) is 29.9. The molecule has 0 radical (unpaired) electrons. The van der Waals surface area contributed by atoms with Gasteiger partial charge in [0, 0.05) is 17.3 Å². The van der Waals surface area contributed by atoms with E-state index in [-0.39, 0.29) is 17.7 Å². The number of carbonyl (C=O) groups excluding carboxylic acids is 2. The van der Waals surface area contributed by atoms with Gasteiger partial charge in [0.1, 0.15) is 18.1 Å². The maximum absolute atomic E-state index is 14.5. The van der Waals surface area contributed by atoms with E-state index in [9.17, 15) is 14.4 Å². The lowest BCUT2D eigenvalue weighted by atomic mass is 9.95. The maximum Gasteiger partial charge on any atom is 0.338 e. The van der Waals surface area contributed by atoms with Crippen LogP contribution >= 0.6 is 22.9 Å². The van der Waals surface area contributed by atoms with Crippen molar-refractivity contribution in [3.8, 4) is 22.7 Å². The second-order valence-corrected chi connectivity index (χ2v) is 13.2. The monoisotopic (exact) mass is 730 g/mol. The van der Waals surface area contributed by atoms with Crippen LogP contribution in [0.2, 0.25) is 5.02 Å². The van der Waals surface area contributed by atoms with E-state index >= 15 is 0 Å². The van der Waals surface area contributed by atoms with E-state index in [0.717, 1.165) is 16.8 Å². The minimum absolute atomic E-state index is 0.0401. The van der Waals surface area contributed by atoms with E-state index < -0.39 is 18.0 Å². The Morgan fingerprint density at radius 3 is 2.31 bits per heavy atom. The smallest absolute Gasteiger partial charge is 0.338 e. The van der Waals surface area contributed by atoms with Crippen LogP contribution in [0.1, 0.15) is 40.0 Å². The van der Waals surface area contributed by atoms with Gasteiger partial charge in [0.15, 0.2) is 4.80 Å². The summed E-state index contributed by atoms with van der Waals surface area (Å²) in [5.41, 5.74) is 4.80. The Kier molecular flexibility index (Phi) is 9.71. The summed E-state index contributed by atoms with van der Waals surface area (Å²) < 4.78 is 19.6. The Hall–Kier alpha value is -6.04. The molecule has 0 saturated heterocycles. The fraction of sp³-hybridized carbons (Fsp3) is 0.125. The molecule has 10 nitrogen and oxygen atoms in total. The molecule has 1 unspecified atom stereocenters. The molecule has 2 aromatic heterocycles. The van der Waals surface area contributed by atoms with Crippen LogP contribution in [-0.4, -0.2) is 40.5 Å². The van der Waals surface area contributed by atoms with E-state index in [0.29, 0.717) is 48.2 Å². The molecule has 1 atom stereocenters. The summed E-state index contributed by atoms with van der Waals surface area (Å²) in [5, 5.41) is 5.31. The molecule has 1 aliphatic rings. The third kappa shape index (κ3) is 6.71. The summed E-state index contributed by atoms with van der Waals surface area (Å²) in [6, 6.07) is 30.1. The normalized spacial score (nSPS) is 14.1. The number of hydrogen-bond acceptors (Lipinski definition) is 9. The average molecular weight is 731 g/mol. The standard InChI is InChI=1S/C40H31ClN4O6S/c1-24-34(39(48)51-23-25-10-6-4-7-11-25)36(26-14-16-27(17-15-26)38(47)50-3)45-37(46)33(52-40(45)42-24)21-29-22-44(30-12-8-5-9-13-30)43-35(29)28-18-19-32(49-2)31(41)20-28/h4-22,36H,23H2,1-3H3. The van der Waals surface area contributed by atoms with Crippen molar-refractivity contribution in [1.29, 1.82) is 0 Å². The molecular formula is C40H31ClN4O6S. The Labute approximate surface area is 307 Å². The van der Waals surface area contributed by atoms with E-state index in [2.05, 4.69) is 0 Å². The van der Waals surface area contributed by atoms with Gasteiger partial charge in [-0.2, -0.15) is 5.10 Å². The van der Waals surface area contributed by atoms with Gasteiger partial charge >= 0.3 is 11.9 Å². The Balaban J connectivity index is 1.37. The molecular weight excluding hydrogens is 700 g/mol. The lowest BCUT2D eigenvalue weighted by molar-refractivity contribution is -0.140. The summed E-state index contributed by atoms with van der Waals surface area (Å²) in [6.45, 7) is 1.76. The van der Waals surface area contributed by atoms with E-state index in [1.807, 2.05) is 72.9 Å². The fourth-order valence-electron chi connectivity index (χ4n) is 6.00. The van der Waals surface area contributed by atoms with E-state index in [4.69, 9.17) is 35.9 Å². The molecule has 6 aromatic rings. The highest BCUT2D eigenvalue weighted by Crippen LogP contribution is 2.33. The lowest BCUT2D eigenvalue weighted by Crippen LogP contribution is -2.39. The molecule has 1 aliphatic heterocycles. The van der Waals surface area contributed by atoms with Crippen LogP contribution in [0.25, 0.3) is 23.0 Å². The summed E-state index contributed by atoms with van der Waals surface area (Å²) in [6.07, 6.45) is 3.62. The number of carbonyl (C=O) groups is 2. The van der Waals surface area contributed by atoms with Crippen molar-refractivity contribution in [1.82, 2.24) is 14.3 Å². The highest BCUT2D eigenvalue weighted by Gasteiger charge is 2.34. The van der Waals surface area contributed by atoms with Crippen LogP contribution in [0.15, 0.2) is 130 Å². The number of methoxy groups -OCH3 is 2. The average Bonchev–Trinajstić information content (AvgIpc) is 3.73. The van der Waals surface area contributed by atoms with Gasteiger partial charge in [-0.1, -0.05) is 83.6 Å². The van der Waals surface area contributed by atoms with E-state index in [1.165, 1.54) is 23.0 Å². The SMILES string of the molecule is COC(=O)c1ccc(C2C(C(=O)OCc3ccccc3)=C(C)N=c3sc(=Cc4cn(-c5ccccc5)nc4-c4ccc(OC)c(Cl)c4)c(=O)n32)cc1. The number of para-hydroxylation sites is 1. The quantitative estimate of drug-likeness (QED) is 0.161. The molecule has 3 heterocycles. The zero-order chi connectivity index (χ0) is 36.4. The first-order valence-electron chi connectivity index (χ1n) is 16.2. The molecule has 0 spiro atoms. The third-order valence-corrected chi connectivity index (χ3v) is 9.86. The predicted molar refractivity (Wildman–Crippen MR) is 198 cm³/mol. The number of rotatable bonds is 9. The number of benzene rings is 4. The summed E-state index contributed by atoms with van der Waals surface area (Å²) >= 11 is 7.73. The molecule has 0 bridgehead atoms. The van der Waals surface area contributed by atoms with Gasteiger partial charge < -0.3 is 14.2 Å². The number of hydrogen-bond donors (Lipinski definition) is 0. The van der Waals surface area contributed by atoms with Crippen molar-refractivity contribution in [3.05, 3.63) is 168 Å². The van der Waals surface area contributed by atoms with Crippen molar-refractivity contribution in [2.24, 2.45) is 4.99 Å². The number of aromatic nitrogens is 3. The van der Waals surface area contributed by atoms with Gasteiger partial charge in [0.25, 0.3) is 5.56 Å². The van der Waals surface area contributed by atoms with Crippen LogP contribution in [0.3, 0.4) is 0 Å². The molecule has 0 aliphatic carbocycles. The molecule has 52 heavy (non-hydrogen) atoms. The molecule has 0 amide bonds. The Morgan fingerprint density at radius 1 is 0.923 bits per heavy atom. The summed E-state index contributed by atoms with van der Waals surface area (Å²) in [4.78, 5) is 45.8. The number of fused-ring (bicyclic) bond motifs is 1. The number of halogens is 1. The number of thiazole rings is 1. The van der Waals surface area contributed by atoms with Crippen molar-refractivity contribution >= 4 is 41.0 Å². The van der Waals surface area contributed by atoms with Gasteiger partial charge in [-0.05, 0) is 66.6 Å². The molecule has 4 aromatic carbocycles. The molecule has 260 valence electrons. The molecule has 0 N–H and O–H groups in total. The van der Waals surface area contributed by atoms with Crippen molar-refractivity contribution < 1.29 is 23.8 Å². The Morgan fingerprint density at radius 2 is 1.63 bits per heavy atom. The van der Waals surface area contributed by atoms with Gasteiger partial charge in [-0.15, -0.1) is 0 Å². The third-order valence-electron chi connectivity index (χ3n) is 8.58. The van der Waals surface area contributed by atoms with Crippen molar-refractivity contribution in [2.75, 3.05) is 14.2 Å². The van der Waals surface area contributed by atoms with Gasteiger partial charge in [-0.25, -0.2) is 19.3 Å². The van der Waals surface area contributed by atoms with E-state index in [1.54, 1.807) is 61.2 Å². The molecule has 12 heteroatoms. The number of nitrogens with zero attached hydrogens (tertiary/aromatic N) is 4. The van der Waals surface area contributed by atoms with Crippen LogP contribution in [0.4, 0.5) is 0 Å². The topological polar surface area (TPSA) is 114 Å². The van der Waals surface area contributed by atoms with Gasteiger partial charge in [-0.3, -0.25) is 9.36 Å². The van der Waals surface area contributed by atoms with Crippen molar-refractivity contribution in [3.63, 3.8) is 0 Å². The van der Waals surface area contributed by atoms with Gasteiger partial charge in [0.2, 0.25) is 0 Å². The molecule has 7 rings (SSSR count). The minimum Gasteiger partial charge on any atom is -0.495 e. The first-order valence-corrected chi connectivity index (χ1v) is 17.4. The highest BCUT2D eigenvalue weighted by molar-refractivity contribution is 7.07. The van der Waals surface area contributed by atoms with Crippen LogP contribution in [0, 0.1) is 0 Å². The predicted octanol–water partition coefficient (Wildman–Crippen LogP) is 6.28. The first kappa shape index (κ1) is 34.4. The first-order chi connectivity index (χ1) is 25.2. The van der Waals surface area contributed by atoms with Crippen molar-refractivity contribution in [2.45, 2.75) is 19.6 Å². The van der Waals surface area contributed by atoms with Crippen LogP contribution in [-0.2, 0) is 20.9 Å². The largest absolute Gasteiger partial charge is 0.495 e. The lowest BCUT2D eigenvalue weighted by Gasteiger charge is -2.25.